The molecule has 0 aliphatic carbocycles. The maximum absolute atomic E-state index is 12.0. The molecule has 2 N–H and O–H groups in total. The van der Waals surface area contributed by atoms with Crippen LogP contribution in [0.1, 0.15) is 17.5 Å². The van der Waals surface area contributed by atoms with E-state index in [1.54, 1.807) is 12.1 Å². The van der Waals surface area contributed by atoms with Gasteiger partial charge < -0.3 is 19.7 Å². The van der Waals surface area contributed by atoms with Crippen LogP contribution >= 0.6 is 0 Å². The van der Waals surface area contributed by atoms with Gasteiger partial charge in [0.25, 0.3) is 0 Å². The number of carbonyl (C=O) groups excluding carboxylic acids is 5. The number of carbonyl (C=O) groups is 2. The van der Waals surface area contributed by atoms with Gasteiger partial charge in [0.2, 0.25) is 0 Å². The van der Waals surface area contributed by atoms with Crippen LogP contribution in [0.25, 0.3) is 12.2 Å². The number of phenols is 2. The second-order valence-electron chi connectivity index (χ2n) is 6.08. The number of hydrogen-bond acceptors (Lipinski definition) is 9. The number of aromatic hydroxyl groups is 2. The Hall–Kier alpha value is -5.19. The molecule has 0 saturated heterocycles. The van der Waals surface area contributed by atoms with Crippen LogP contribution in [-0.4, -0.2) is 46.7 Å². The molecule has 35 heavy (non-hydrogen) atoms. The van der Waals surface area contributed by atoms with Crippen LogP contribution < -0.4 is 9.47 Å². The van der Waals surface area contributed by atoms with E-state index in [1.807, 2.05) is 0 Å². The van der Waals surface area contributed by atoms with E-state index >= 15 is 0 Å². The van der Waals surface area contributed by atoms with E-state index in [2.05, 4.69) is 13.2 Å². The lowest BCUT2D eigenvalue weighted by molar-refractivity contribution is -0.121. The lowest BCUT2D eigenvalue weighted by atomic mass is 10.1. The summed E-state index contributed by atoms with van der Waals surface area (Å²) in [6, 6.07) is 8.91. The molecule has 0 amide bonds. The van der Waals surface area contributed by atoms with Crippen LogP contribution in [0.15, 0.2) is 68.0 Å². The molecule has 0 saturated carbocycles. The molecule has 2 aromatic rings. The first-order valence-electron chi connectivity index (χ1n) is 9.52. The summed E-state index contributed by atoms with van der Waals surface area (Å²) >= 11 is 0. The van der Waals surface area contributed by atoms with Gasteiger partial charge in [0.1, 0.15) is 11.9 Å². The van der Waals surface area contributed by atoms with E-state index in [-0.39, 0.29) is 29.4 Å². The summed E-state index contributed by atoms with van der Waals surface area (Å²) in [5, 5.41) is 19.2. The van der Waals surface area contributed by atoms with Crippen molar-refractivity contribution in [2.75, 3.05) is 7.11 Å². The highest BCUT2D eigenvalue weighted by Crippen LogP contribution is 2.28. The number of methoxy groups -OCH3 is 1. The highest BCUT2D eigenvalue weighted by atomic mass is 16.5. The quantitative estimate of drug-likeness (QED) is 0.240. The molecule has 0 unspecified atom stereocenters. The van der Waals surface area contributed by atoms with Gasteiger partial charge in [0.15, 0.2) is 46.8 Å². The fraction of sp³-hybridized carbons (Fsp3) is 0.0769. The highest BCUT2D eigenvalue weighted by molar-refractivity contribution is 6.10. The van der Waals surface area contributed by atoms with Crippen molar-refractivity contribution >= 4 is 41.5 Å². The number of allylic oxidation sites excluding steroid dienone is 2. The van der Waals surface area contributed by atoms with Crippen LogP contribution in [-0.2, 0) is 24.0 Å². The normalized spacial score (nSPS) is 9.29. The molecule has 0 aliphatic heterocycles. The molecule has 2 aromatic carbocycles. The summed E-state index contributed by atoms with van der Waals surface area (Å²) in [7, 11) is 1.42. The molecule has 0 fully saturated rings. The molecule has 0 heterocycles. The average Bonchev–Trinajstić information content (AvgIpc) is 2.83. The Labute approximate surface area is 201 Å². The first-order chi connectivity index (χ1) is 16.8. The molecule has 0 aliphatic rings. The third kappa shape index (κ3) is 12.4. The Kier molecular flexibility index (Phi) is 14.8. The number of phenolic OH excluding ortho intramolecular Hbond substituents is 2. The minimum absolute atomic E-state index is 0.0127. The van der Waals surface area contributed by atoms with Crippen LogP contribution in [0.5, 0.6) is 23.0 Å². The van der Waals surface area contributed by atoms with Crippen molar-refractivity contribution in [3.05, 3.63) is 79.1 Å². The summed E-state index contributed by atoms with van der Waals surface area (Å²) in [4.78, 5) is 51.3. The Morgan fingerprint density at radius 3 is 1.71 bits per heavy atom. The molecule has 180 valence electrons. The standard InChI is InChI=1S/C22H18O7.2C2H2O/c1-28-21-12-15(4-8-19(21)26)2-6-17(24)14-18(25)7-3-16-5-9-20(27)22(13-16)29-11-10-23;2*1-2-3/h2-9,11-13,26-27H,14H2,1H3;2*1H2/b6-2+,7-3+;;. The minimum Gasteiger partial charge on any atom is -0.504 e. The Bertz CT molecular complexity index is 1180. The number of ketones is 2. The number of ether oxygens (including phenoxy) is 2. The summed E-state index contributed by atoms with van der Waals surface area (Å²) in [6.45, 7) is 5.36. The molecular formula is C26H22O9. The fourth-order valence-electron chi connectivity index (χ4n) is 2.28. The predicted molar refractivity (Wildman–Crippen MR) is 129 cm³/mol. The predicted octanol–water partition coefficient (Wildman–Crippen LogP) is 3.09. The van der Waals surface area contributed by atoms with Gasteiger partial charge in [0.05, 0.1) is 13.5 Å². The van der Waals surface area contributed by atoms with Gasteiger partial charge in [-0.2, -0.15) is 0 Å². The van der Waals surface area contributed by atoms with Gasteiger partial charge in [0, 0.05) is 0 Å². The van der Waals surface area contributed by atoms with Gasteiger partial charge in [-0.25, -0.2) is 14.4 Å². The van der Waals surface area contributed by atoms with Crippen molar-refractivity contribution < 1.29 is 43.7 Å². The molecule has 0 bridgehead atoms. The maximum Gasteiger partial charge on any atom is 0.175 e. The molecule has 0 radical (unpaired) electrons. The highest BCUT2D eigenvalue weighted by Gasteiger charge is 2.06. The monoisotopic (exact) mass is 478 g/mol. The number of benzene rings is 2. The Morgan fingerprint density at radius 1 is 0.857 bits per heavy atom. The lowest BCUT2D eigenvalue weighted by Crippen LogP contribution is -2.01. The van der Waals surface area contributed by atoms with E-state index in [1.165, 1.54) is 73.5 Å². The average molecular weight is 478 g/mol. The van der Waals surface area contributed by atoms with Crippen molar-refractivity contribution in [3.8, 4) is 23.0 Å². The third-order valence-corrected chi connectivity index (χ3v) is 3.69. The van der Waals surface area contributed by atoms with Gasteiger partial charge >= 0.3 is 0 Å². The first-order valence-corrected chi connectivity index (χ1v) is 9.52. The van der Waals surface area contributed by atoms with Gasteiger partial charge in [-0.05, 0) is 60.7 Å². The third-order valence-electron chi connectivity index (χ3n) is 3.69. The largest absolute Gasteiger partial charge is 0.504 e. The van der Waals surface area contributed by atoms with E-state index < -0.39 is 11.6 Å². The zero-order valence-corrected chi connectivity index (χ0v) is 18.7. The van der Waals surface area contributed by atoms with Crippen LogP contribution in [0.3, 0.4) is 0 Å². The van der Waals surface area contributed by atoms with Gasteiger partial charge in [-0.15, -0.1) is 0 Å². The summed E-state index contributed by atoms with van der Waals surface area (Å²) in [6.07, 6.45) is 5.92. The topological polar surface area (TPSA) is 144 Å². The van der Waals surface area contributed by atoms with E-state index in [9.17, 15) is 24.6 Å². The van der Waals surface area contributed by atoms with E-state index in [4.69, 9.17) is 19.1 Å². The Morgan fingerprint density at radius 2 is 1.29 bits per heavy atom. The smallest absolute Gasteiger partial charge is 0.175 e. The van der Waals surface area contributed by atoms with Crippen molar-refractivity contribution in [3.63, 3.8) is 0 Å². The minimum atomic E-state index is -0.411. The number of hydrogen-bond donors (Lipinski definition) is 2. The van der Waals surface area contributed by atoms with Crippen LogP contribution in [0, 0.1) is 0 Å². The molecule has 9 heteroatoms. The van der Waals surface area contributed by atoms with Crippen molar-refractivity contribution in [2.24, 2.45) is 0 Å². The zero-order chi connectivity index (χ0) is 26.6. The Balaban J connectivity index is 0.00000174. The van der Waals surface area contributed by atoms with E-state index in [0.29, 0.717) is 11.1 Å². The van der Waals surface area contributed by atoms with Crippen molar-refractivity contribution in [1.82, 2.24) is 0 Å². The molecule has 0 atom stereocenters. The summed E-state index contributed by atoms with van der Waals surface area (Å²) < 4.78 is 9.88. The lowest BCUT2D eigenvalue weighted by Gasteiger charge is -2.03. The van der Waals surface area contributed by atoms with Crippen LogP contribution in [0.4, 0.5) is 0 Å². The SMILES string of the molecule is C=C=O.C=C=O.COc1cc(/C=C/C(=O)CC(=O)/C=C/c2ccc(O)c(OC=C=O)c2)ccc1O. The fourth-order valence-corrected chi connectivity index (χ4v) is 2.28. The van der Waals surface area contributed by atoms with Gasteiger partial charge in [-0.1, -0.05) is 24.3 Å². The maximum atomic E-state index is 12.0. The molecule has 9 nitrogen and oxygen atoms in total. The molecular weight excluding hydrogens is 456 g/mol. The molecule has 2 rings (SSSR count). The van der Waals surface area contributed by atoms with E-state index in [0.717, 1.165) is 6.26 Å². The van der Waals surface area contributed by atoms with Crippen molar-refractivity contribution in [2.45, 2.75) is 6.42 Å². The summed E-state index contributed by atoms with van der Waals surface area (Å²) in [5.41, 5.74) is 1.17. The summed E-state index contributed by atoms with van der Waals surface area (Å²) in [5.74, 6) is 3.25. The second-order valence-corrected chi connectivity index (χ2v) is 6.08. The zero-order valence-electron chi connectivity index (χ0n) is 18.7. The molecule has 0 aromatic heterocycles. The first kappa shape index (κ1) is 29.8. The van der Waals surface area contributed by atoms with Crippen molar-refractivity contribution in [1.29, 1.82) is 0 Å². The van der Waals surface area contributed by atoms with Gasteiger partial charge in [-0.3, -0.25) is 9.59 Å². The van der Waals surface area contributed by atoms with Crippen LogP contribution in [0.2, 0.25) is 0 Å². The second kappa shape index (κ2) is 17.4. The molecule has 0 spiro atoms. The number of rotatable bonds is 9.